The highest BCUT2D eigenvalue weighted by atomic mass is 15.1. The van der Waals surface area contributed by atoms with Crippen LogP contribution in [0.4, 0.5) is 0 Å². The Labute approximate surface area is 70.6 Å². The van der Waals surface area contributed by atoms with Crippen LogP contribution in [0.15, 0.2) is 0 Å². The Morgan fingerprint density at radius 1 is 1.36 bits per heavy atom. The highest BCUT2D eigenvalue weighted by Crippen LogP contribution is 2.53. The summed E-state index contributed by atoms with van der Waals surface area (Å²) in [6, 6.07) is 0.854. The van der Waals surface area contributed by atoms with Gasteiger partial charge in [-0.2, -0.15) is 0 Å². The van der Waals surface area contributed by atoms with E-state index in [2.05, 4.69) is 33.6 Å². The monoisotopic (exact) mass is 151 g/mol. The average molecular weight is 151 g/mol. The van der Waals surface area contributed by atoms with Crippen molar-refractivity contribution in [3.63, 3.8) is 0 Å². The summed E-state index contributed by atoms with van der Waals surface area (Å²) in [4.78, 5) is 2.55. The lowest BCUT2D eigenvalue weighted by molar-refractivity contribution is 0.192. The van der Waals surface area contributed by atoms with Gasteiger partial charge in [-0.1, -0.05) is 20.8 Å². The molecular formula is C9H18BN. The Morgan fingerprint density at radius 2 is 2.00 bits per heavy atom. The van der Waals surface area contributed by atoms with Gasteiger partial charge in [-0.25, -0.2) is 0 Å². The third kappa shape index (κ3) is 1.12. The molecule has 1 saturated carbocycles. The molecule has 1 saturated heterocycles. The van der Waals surface area contributed by atoms with E-state index in [4.69, 9.17) is 0 Å². The van der Waals surface area contributed by atoms with E-state index < -0.39 is 0 Å². The number of nitrogens with zero attached hydrogens (tertiary/aromatic N) is 1. The molecule has 0 radical (unpaired) electrons. The third-order valence-corrected chi connectivity index (χ3v) is 3.27. The molecule has 3 atom stereocenters. The van der Waals surface area contributed by atoms with Crippen LogP contribution in [-0.2, 0) is 0 Å². The number of rotatable bonds is 0. The van der Waals surface area contributed by atoms with E-state index in [-0.39, 0.29) is 0 Å². The first-order valence-corrected chi connectivity index (χ1v) is 4.70. The quantitative estimate of drug-likeness (QED) is 0.465. The Balaban J connectivity index is 2.12. The van der Waals surface area contributed by atoms with Gasteiger partial charge in [-0.3, -0.25) is 0 Å². The molecule has 2 aliphatic rings. The van der Waals surface area contributed by atoms with Crippen molar-refractivity contribution in [2.45, 2.75) is 33.2 Å². The van der Waals surface area contributed by atoms with Crippen molar-refractivity contribution in [2.75, 3.05) is 6.54 Å². The van der Waals surface area contributed by atoms with E-state index in [0.717, 1.165) is 17.9 Å². The van der Waals surface area contributed by atoms with E-state index in [1.54, 1.807) is 0 Å². The average Bonchev–Trinajstić information content (AvgIpc) is 2.38. The van der Waals surface area contributed by atoms with Crippen LogP contribution in [0, 0.1) is 17.3 Å². The first-order chi connectivity index (χ1) is 5.00. The molecule has 1 aliphatic heterocycles. The summed E-state index contributed by atoms with van der Waals surface area (Å²) in [5.74, 6) is 2.10. The van der Waals surface area contributed by atoms with Crippen LogP contribution < -0.4 is 0 Å². The minimum absolute atomic E-state index is 0.491. The van der Waals surface area contributed by atoms with Crippen LogP contribution in [0.2, 0.25) is 0 Å². The molecule has 0 amide bonds. The smallest absolute Gasteiger partial charge is 0.185 e. The van der Waals surface area contributed by atoms with Crippen LogP contribution in [0.3, 0.4) is 0 Å². The van der Waals surface area contributed by atoms with Crippen molar-refractivity contribution in [1.29, 1.82) is 0 Å². The lowest BCUT2D eigenvalue weighted by atomic mass is 9.82. The second-order valence-corrected chi connectivity index (χ2v) is 5.41. The summed E-state index contributed by atoms with van der Waals surface area (Å²) in [6.07, 6.45) is 1.51. The highest BCUT2D eigenvalue weighted by molar-refractivity contribution is 6.05. The molecule has 1 aliphatic carbocycles. The number of hydrogen-bond donors (Lipinski definition) is 0. The van der Waals surface area contributed by atoms with Crippen molar-refractivity contribution in [3.05, 3.63) is 0 Å². The maximum absolute atomic E-state index is 2.55. The zero-order valence-electron chi connectivity index (χ0n) is 8.09. The summed E-state index contributed by atoms with van der Waals surface area (Å²) in [6.45, 7) is 8.46. The predicted octanol–water partition coefficient (Wildman–Crippen LogP) is 0.901. The maximum atomic E-state index is 2.55. The maximum Gasteiger partial charge on any atom is 0.185 e. The minimum Gasteiger partial charge on any atom is -0.345 e. The van der Waals surface area contributed by atoms with Crippen molar-refractivity contribution >= 4 is 7.98 Å². The second kappa shape index (κ2) is 2.04. The molecule has 0 aromatic carbocycles. The van der Waals surface area contributed by atoms with Gasteiger partial charge >= 0.3 is 0 Å². The van der Waals surface area contributed by atoms with Crippen molar-refractivity contribution in [1.82, 2.24) is 4.81 Å². The zero-order valence-corrected chi connectivity index (χ0v) is 8.09. The van der Waals surface area contributed by atoms with E-state index >= 15 is 0 Å². The number of piperidine rings is 1. The molecule has 2 fully saturated rings. The first kappa shape index (κ1) is 7.66. The van der Waals surface area contributed by atoms with E-state index in [1.165, 1.54) is 13.0 Å². The molecule has 0 N–H and O–H groups in total. The van der Waals surface area contributed by atoms with Gasteiger partial charge in [0.2, 0.25) is 0 Å². The van der Waals surface area contributed by atoms with Gasteiger partial charge in [0.15, 0.2) is 7.98 Å². The Bertz CT molecular complexity index is 171. The molecule has 2 heteroatoms. The van der Waals surface area contributed by atoms with E-state index in [1.807, 2.05) is 0 Å². The van der Waals surface area contributed by atoms with E-state index in [9.17, 15) is 0 Å². The summed E-state index contributed by atoms with van der Waals surface area (Å²) in [5.41, 5.74) is 0.491. The van der Waals surface area contributed by atoms with Crippen LogP contribution in [-0.4, -0.2) is 25.4 Å². The topological polar surface area (TPSA) is 3.24 Å². The van der Waals surface area contributed by atoms with Gasteiger partial charge in [-0.05, 0) is 30.2 Å². The zero-order chi connectivity index (χ0) is 8.22. The van der Waals surface area contributed by atoms with Gasteiger partial charge in [0.1, 0.15) is 0 Å². The summed E-state index contributed by atoms with van der Waals surface area (Å²) in [5, 5.41) is 0. The predicted molar refractivity (Wildman–Crippen MR) is 50.1 cm³/mol. The summed E-state index contributed by atoms with van der Waals surface area (Å²) < 4.78 is 0. The molecule has 1 nitrogen and oxygen atoms in total. The summed E-state index contributed by atoms with van der Waals surface area (Å²) in [7, 11) is 2.28. The molecule has 0 spiro atoms. The van der Waals surface area contributed by atoms with Crippen molar-refractivity contribution in [2.24, 2.45) is 17.3 Å². The molecule has 0 aromatic heterocycles. The number of fused-ring (bicyclic) bond motifs is 1. The van der Waals surface area contributed by atoms with Crippen LogP contribution in [0.1, 0.15) is 27.2 Å². The fourth-order valence-electron chi connectivity index (χ4n) is 2.98. The molecular weight excluding hydrogens is 133 g/mol. The largest absolute Gasteiger partial charge is 0.345 e. The minimum atomic E-state index is 0.491. The molecule has 3 unspecified atom stereocenters. The van der Waals surface area contributed by atoms with Gasteiger partial charge in [0, 0.05) is 6.04 Å². The molecule has 0 aromatic rings. The first-order valence-electron chi connectivity index (χ1n) is 4.70. The van der Waals surface area contributed by atoms with Gasteiger partial charge in [-0.15, -0.1) is 0 Å². The van der Waals surface area contributed by atoms with E-state index in [0.29, 0.717) is 5.41 Å². The molecule has 11 heavy (non-hydrogen) atoms. The Hall–Kier alpha value is 0.0249. The SMILES string of the molecule is BN1CC2CC2C1C(C)(C)C. The number of hydrogen-bond acceptors (Lipinski definition) is 1. The molecule has 0 bridgehead atoms. The highest BCUT2D eigenvalue weighted by Gasteiger charge is 2.54. The van der Waals surface area contributed by atoms with Gasteiger partial charge in [0.25, 0.3) is 0 Å². The van der Waals surface area contributed by atoms with Crippen molar-refractivity contribution in [3.8, 4) is 0 Å². The van der Waals surface area contributed by atoms with Crippen LogP contribution >= 0.6 is 0 Å². The fourth-order valence-corrected chi connectivity index (χ4v) is 2.98. The lowest BCUT2D eigenvalue weighted by Gasteiger charge is -2.35. The third-order valence-electron chi connectivity index (χ3n) is 3.27. The van der Waals surface area contributed by atoms with Crippen LogP contribution in [0.25, 0.3) is 0 Å². The molecule has 1 heterocycles. The second-order valence-electron chi connectivity index (χ2n) is 5.41. The van der Waals surface area contributed by atoms with Crippen molar-refractivity contribution < 1.29 is 0 Å². The molecule has 62 valence electrons. The molecule has 2 rings (SSSR count). The fraction of sp³-hybridized carbons (Fsp3) is 1.00. The standard InChI is InChI=1S/C9H18BN/c1-9(2,3)8-7-4-6(7)5-11(8)10/h6-8H,4-5,10H2,1-3H3. The van der Waals surface area contributed by atoms with Gasteiger partial charge in [0.05, 0.1) is 0 Å². The van der Waals surface area contributed by atoms with Gasteiger partial charge < -0.3 is 4.81 Å². The Kier molecular flexibility index (Phi) is 1.42. The summed E-state index contributed by atoms with van der Waals surface area (Å²) >= 11 is 0. The lowest BCUT2D eigenvalue weighted by Crippen LogP contribution is -2.40. The Morgan fingerprint density at radius 3 is 2.27 bits per heavy atom. The normalized spacial score (nSPS) is 44.1. The van der Waals surface area contributed by atoms with Crippen LogP contribution in [0.5, 0.6) is 0 Å².